The monoisotopic (exact) mass is 451 g/mol. The number of anilines is 1. The lowest BCUT2D eigenvalue weighted by atomic mass is 9.93. The van der Waals surface area contributed by atoms with Gasteiger partial charge in [-0.2, -0.15) is 5.26 Å². The van der Waals surface area contributed by atoms with E-state index in [9.17, 15) is 10.1 Å². The number of thioether (sulfide) groups is 1. The molecule has 0 aromatic heterocycles. The molecule has 0 bridgehead atoms. The van der Waals surface area contributed by atoms with E-state index in [-0.39, 0.29) is 11.7 Å². The van der Waals surface area contributed by atoms with Gasteiger partial charge in [0.05, 0.1) is 29.4 Å². The van der Waals surface area contributed by atoms with Crippen molar-refractivity contribution in [1.82, 2.24) is 4.90 Å². The third-order valence-electron chi connectivity index (χ3n) is 4.95. The number of nitriles is 1. The van der Waals surface area contributed by atoms with Crippen molar-refractivity contribution in [2.24, 2.45) is 10.7 Å². The minimum atomic E-state index is -0.613. The molecule has 3 N–H and O–H groups in total. The molecule has 9 heteroatoms. The van der Waals surface area contributed by atoms with Crippen LogP contribution in [0.5, 0.6) is 5.75 Å². The van der Waals surface area contributed by atoms with Crippen LogP contribution in [-0.4, -0.2) is 23.1 Å². The van der Waals surface area contributed by atoms with E-state index >= 15 is 0 Å². The van der Waals surface area contributed by atoms with Gasteiger partial charge in [-0.1, -0.05) is 35.9 Å². The van der Waals surface area contributed by atoms with E-state index in [0.29, 0.717) is 37.8 Å². The first-order chi connectivity index (χ1) is 14.9. The number of nitrogens with zero attached hydrogens (tertiary/aromatic N) is 3. The van der Waals surface area contributed by atoms with E-state index in [1.54, 1.807) is 36.1 Å². The summed E-state index contributed by atoms with van der Waals surface area (Å²) in [4.78, 5) is 20.0. The van der Waals surface area contributed by atoms with Crippen LogP contribution in [0.3, 0.4) is 0 Å². The zero-order valence-electron chi connectivity index (χ0n) is 16.7. The Kier molecular flexibility index (Phi) is 5.63. The van der Waals surface area contributed by atoms with Crippen LogP contribution in [0.4, 0.5) is 5.69 Å². The van der Waals surface area contributed by atoms with E-state index in [1.807, 2.05) is 24.3 Å². The Morgan fingerprint density at radius 1 is 1.32 bits per heavy atom. The summed E-state index contributed by atoms with van der Waals surface area (Å²) < 4.78 is 5.26. The summed E-state index contributed by atoms with van der Waals surface area (Å²) in [5, 5.41) is 13.3. The Morgan fingerprint density at radius 3 is 2.71 bits per heavy atom. The summed E-state index contributed by atoms with van der Waals surface area (Å²) >= 11 is 7.57. The molecule has 0 radical (unpaired) electrons. The minimum Gasteiger partial charge on any atom is -0.495 e. The molecule has 1 amide bonds. The fourth-order valence-electron chi connectivity index (χ4n) is 3.52. The molecule has 156 valence electrons. The molecule has 0 spiro atoms. The second-order valence-corrected chi connectivity index (χ2v) is 8.19. The van der Waals surface area contributed by atoms with Crippen molar-refractivity contribution in [3.8, 4) is 11.8 Å². The topological polar surface area (TPSA) is 104 Å². The Hall–Kier alpha value is -3.41. The van der Waals surface area contributed by atoms with E-state index in [2.05, 4.69) is 16.4 Å². The number of rotatable bonds is 4. The van der Waals surface area contributed by atoms with Crippen LogP contribution in [0.15, 0.2) is 75.5 Å². The molecule has 2 aliphatic heterocycles. The van der Waals surface area contributed by atoms with Crippen molar-refractivity contribution >= 4 is 40.1 Å². The second-order valence-electron chi connectivity index (χ2n) is 6.81. The number of benzene rings is 2. The van der Waals surface area contributed by atoms with Crippen molar-refractivity contribution in [1.29, 1.82) is 5.26 Å². The Labute approximate surface area is 188 Å². The highest BCUT2D eigenvalue weighted by molar-refractivity contribution is 8.17. The zero-order valence-corrected chi connectivity index (χ0v) is 18.3. The summed E-state index contributed by atoms with van der Waals surface area (Å²) in [6.45, 7) is 1.77. The molecule has 0 aliphatic carbocycles. The molecule has 0 saturated heterocycles. The van der Waals surface area contributed by atoms with Gasteiger partial charge in [-0.25, -0.2) is 4.99 Å². The van der Waals surface area contributed by atoms with Gasteiger partial charge in [0.2, 0.25) is 0 Å². The number of methoxy groups -OCH3 is 1. The van der Waals surface area contributed by atoms with Gasteiger partial charge in [-0.05, 0) is 48.5 Å². The first-order valence-corrected chi connectivity index (χ1v) is 10.5. The Bertz CT molecular complexity index is 1200. The lowest BCUT2D eigenvalue weighted by molar-refractivity contribution is -0.113. The lowest BCUT2D eigenvalue weighted by Gasteiger charge is -2.35. The van der Waals surface area contributed by atoms with Crippen LogP contribution in [0.1, 0.15) is 18.5 Å². The van der Waals surface area contributed by atoms with Gasteiger partial charge >= 0.3 is 0 Å². The van der Waals surface area contributed by atoms with Crippen molar-refractivity contribution < 1.29 is 9.53 Å². The Balaban J connectivity index is 1.84. The summed E-state index contributed by atoms with van der Waals surface area (Å²) in [6, 6.07) is 15.9. The van der Waals surface area contributed by atoms with Crippen LogP contribution in [0.25, 0.3) is 0 Å². The molecule has 1 atom stereocenters. The molecule has 31 heavy (non-hydrogen) atoms. The maximum Gasteiger partial charge on any atom is 0.255 e. The second kappa shape index (κ2) is 8.38. The number of halogens is 1. The van der Waals surface area contributed by atoms with Crippen molar-refractivity contribution in [3.63, 3.8) is 0 Å². The molecule has 0 unspecified atom stereocenters. The molecule has 0 fully saturated rings. The smallest absolute Gasteiger partial charge is 0.255 e. The third-order valence-corrected chi connectivity index (χ3v) is 6.22. The SMILES string of the molecule is COc1ccc([C@H]2C(C(=O)Nc3ccccc3)=C(C)N=C3SC(C#N)=C(N)N32)cc1Cl. The number of ether oxygens (including phenoxy) is 1. The average molecular weight is 452 g/mol. The number of nitrogens with one attached hydrogen (secondary N) is 1. The normalized spacial score (nSPS) is 17.8. The number of hydrogen-bond acceptors (Lipinski definition) is 7. The summed E-state index contributed by atoms with van der Waals surface area (Å²) in [7, 11) is 1.53. The molecule has 0 saturated carbocycles. The van der Waals surface area contributed by atoms with Gasteiger partial charge < -0.3 is 15.8 Å². The van der Waals surface area contributed by atoms with Crippen molar-refractivity contribution in [2.45, 2.75) is 13.0 Å². The van der Waals surface area contributed by atoms with Crippen LogP contribution in [-0.2, 0) is 4.79 Å². The zero-order chi connectivity index (χ0) is 22.1. The largest absolute Gasteiger partial charge is 0.495 e. The maximum atomic E-state index is 13.4. The van der Waals surface area contributed by atoms with Gasteiger partial charge in [0.1, 0.15) is 22.5 Å². The van der Waals surface area contributed by atoms with Gasteiger partial charge in [0.15, 0.2) is 5.17 Å². The third kappa shape index (κ3) is 3.74. The molecule has 2 aromatic rings. The van der Waals surface area contributed by atoms with Gasteiger partial charge in [0.25, 0.3) is 5.91 Å². The van der Waals surface area contributed by atoms with E-state index in [0.717, 1.165) is 5.56 Å². The number of fused-ring (bicyclic) bond motifs is 1. The number of amidine groups is 1. The molecule has 2 aliphatic rings. The maximum absolute atomic E-state index is 13.4. The highest BCUT2D eigenvalue weighted by Gasteiger charge is 2.42. The fraction of sp³-hybridized carbons (Fsp3) is 0.136. The fourth-order valence-corrected chi connectivity index (χ4v) is 4.70. The number of carbonyl (C=O) groups is 1. The number of amides is 1. The minimum absolute atomic E-state index is 0.251. The highest BCUT2D eigenvalue weighted by Crippen LogP contribution is 2.46. The number of hydrogen-bond donors (Lipinski definition) is 2. The van der Waals surface area contributed by atoms with Crippen LogP contribution in [0, 0.1) is 11.3 Å². The first-order valence-electron chi connectivity index (χ1n) is 9.30. The predicted octanol–water partition coefficient (Wildman–Crippen LogP) is 4.37. The molecular weight excluding hydrogens is 434 g/mol. The summed E-state index contributed by atoms with van der Waals surface area (Å²) in [6.07, 6.45) is 0. The van der Waals surface area contributed by atoms with E-state index in [1.165, 1.54) is 18.9 Å². The van der Waals surface area contributed by atoms with Crippen LogP contribution >= 0.6 is 23.4 Å². The molecule has 2 heterocycles. The quantitative estimate of drug-likeness (QED) is 0.715. The Morgan fingerprint density at radius 2 is 2.06 bits per heavy atom. The van der Waals surface area contributed by atoms with Gasteiger partial charge in [-0.3, -0.25) is 9.69 Å². The highest BCUT2D eigenvalue weighted by atomic mass is 35.5. The van der Waals surface area contributed by atoms with E-state index < -0.39 is 6.04 Å². The lowest BCUT2D eigenvalue weighted by Crippen LogP contribution is -2.39. The van der Waals surface area contributed by atoms with Crippen LogP contribution in [0.2, 0.25) is 5.02 Å². The molecule has 4 rings (SSSR count). The molecular formula is C22H18ClN5O2S. The van der Waals surface area contributed by atoms with Crippen LogP contribution < -0.4 is 15.8 Å². The van der Waals surface area contributed by atoms with Crippen molar-refractivity contribution in [2.75, 3.05) is 12.4 Å². The number of carbonyl (C=O) groups excluding carboxylic acids is 1. The number of nitrogens with two attached hydrogens (primary N) is 1. The first kappa shape index (κ1) is 20.8. The summed E-state index contributed by atoms with van der Waals surface area (Å²) in [5.74, 6) is 0.454. The van der Waals surface area contributed by atoms with Crippen molar-refractivity contribution in [3.05, 3.63) is 81.1 Å². The van der Waals surface area contributed by atoms with Gasteiger partial charge in [0, 0.05) is 5.69 Å². The molecule has 2 aromatic carbocycles. The predicted molar refractivity (Wildman–Crippen MR) is 122 cm³/mol. The molecule has 7 nitrogen and oxygen atoms in total. The van der Waals surface area contributed by atoms with E-state index in [4.69, 9.17) is 22.1 Å². The summed E-state index contributed by atoms with van der Waals surface area (Å²) in [5.41, 5.74) is 8.63. The standard InChI is InChI=1S/C22H18ClN5O2S/c1-12-18(21(29)27-14-6-4-3-5-7-14)19(13-8-9-16(30-2)15(23)10-13)28-20(25)17(11-24)31-22(28)26-12/h3-10,19H,25H2,1-2H3,(H,27,29)/t19-/m0/s1. The van der Waals surface area contributed by atoms with Gasteiger partial charge in [-0.15, -0.1) is 0 Å². The number of aliphatic imine (C=N–C) groups is 1. The number of para-hydroxylation sites is 1. The average Bonchev–Trinajstić information content (AvgIpc) is 3.08. The number of allylic oxidation sites excluding steroid dienone is 2.